The number of nitrogens with one attached hydrogen (secondary N) is 2. The smallest absolute Gasteiger partial charge is 0.306 e. The molecule has 1 aromatic heterocycles. The molecule has 3 aromatic carbocycles. The number of para-hydroxylation sites is 2. The van der Waals surface area contributed by atoms with Gasteiger partial charge in [0, 0.05) is 29.2 Å². The molecule has 4 rings (SSSR count). The van der Waals surface area contributed by atoms with E-state index in [2.05, 4.69) is 10.3 Å². The van der Waals surface area contributed by atoms with E-state index in [9.17, 15) is 9.59 Å². The number of aromatic nitrogens is 1. The molecule has 1 atom stereocenters. The number of aryl methyl sites for hydroxylation is 1. The Labute approximate surface area is 186 Å². The van der Waals surface area contributed by atoms with Crippen molar-refractivity contribution in [1.82, 2.24) is 4.98 Å². The van der Waals surface area contributed by atoms with Crippen LogP contribution >= 0.6 is 0 Å². The summed E-state index contributed by atoms with van der Waals surface area (Å²) in [5.41, 5.74) is 2.67. The van der Waals surface area contributed by atoms with Crippen LogP contribution in [0.2, 0.25) is 0 Å². The molecule has 0 fully saturated rings. The predicted molar refractivity (Wildman–Crippen MR) is 124 cm³/mol. The number of hydrogen-bond acceptors (Lipinski definition) is 4. The molecule has 0 bridgehead atoms. The van der Waals surface area contributed by atoms with Crippen LogP contribution in [0.15, 0.2) is 85.1 Å². The van der Waals surface area contributed by atoms with Gasteiger partial charge in [0.1, 0.15) is 11.5 Å². The van der Waals surface area contributed by atoms with E-state index in [0.717, 1.165) is 22.2 Å². The van der Waals surface area contributed by atoms with Crippen LogP contribution in [0, 0.1) is 0 Å². The molecule has 6 heteroatoms. The van der Waals surface area contributed by atoms with E-state index < -0.39 is 12.1 Å². The van der Waals surface area contributed by atoms with Crippen molar-refractivity contribution in [3.63, 3.8) is 0 Å². The fraction of sp³-hybridized carbons (Fsp3) is 0.154. The van der Waals surface area contributed by atoms with Gasteiger partial charge in [-0.2, -0.15) is 0 Å². The lowest BCUT2D eigenvalue weighted by Crippen LogP contribution is -2.30. The van der Waals surface area contributed by atoms with Gasteiger partial charge in [-0.3, -0.25) is 9.59 Å². The molecule has 0 aliphatic carbocycles. The number of carbonyl (C=O) groups excluding carboxylic acids is 2. The number of hydrogen-bond donors (Lipinski definition) is 2. The maximum atomic E-state index is 12.4. The van der Waals surface area contributed by atoms with Gasteiger partial charge < -0.3 is 19.8 Å². The minimum Gasteiger partial charge on any atom is -0.457 e. The van der Waals surface area contributed by atoms with Crippen LogP contribution in [-0.2, 0) is 20.7 Å². The maximum Gasteiger partial charge on any atom is 0.306 e. The first-order valence-electron chi connectivity index (χ1n) is 10.5. The summed E-state index contributed by atoms with van der Waals surface area (Å²) in [6, 6.07) is 24.4. The Kier molecular flexibility index (Phi) is 6.51. The van der Waals surface area contributed by atoms with Crippen molar-refractivity contribution in [2.24, 2.45) is 0 Å². The first kappa shape index (κ1) is 21.2. The van der Waals surface area contributed by atoms with Gasteiger partial charge in [-0.25, -0.2) is 0 Å². The highest BCUT2D eigenvalue weighted by Crippen LogP contribution is 2.23. The van der Waals surface area contributed by atoms with Gasteiger partial charge in [-0.1, -0.05) is 36.4 Å². The summed E-state index contributed by atoms with van der Waals surface area (Å²) in [4.78, 5) is 27.8. The molecule has 1 heterocycles. The lowest BCUT2D eigenvalue weighted by Gasteiger charge is -2.14. The Morgan fingerprint density at radius 2 is 1.59 bits per heavy atom. The van der Waals surface area contributed by atoms with Crippen LogP contribution in [0.5, 0.6) is 11.5 Å². The molecule has 2 N–H and O–H groups in total. The molecule has 0 saturated heterocycles. The summed E-state index contributed by atoms with van der Waals surface area (Å²) in [5.74, 6) is 0.593. The quantitative estimate of drug-likeness (QED) is 0.365. The topological polar surface area (TPSA) is 80.4 Å². The SMILES string of the molecule is CC(OC(=O)CCc1c[nH]c2ccccc12)C(=O)Nc1ccc(Oc2ccccc2)cc1. The highest BCUT2D eigenvalue weighted by atomic mass is 16.5. The summed E-state index contributed by atoms with van der Waals surface area (Å²) < 4.78 is 11.0. The Balaban J connectivity index is 1.25. The highest BCUT2D eigenvalue weighted by molar-refractivity contribution is 5.95. The molecule has 0 aliphatic rings. The molecule has 1 unspecified atom stereocenters. The average Bonchev–Trinajstić information content (AvgIpc) is 3.23. The molecular formula is C26H24N2O4. The van der Waals surface area contributed by atoms with E-state index >= 15 is 0 Å². The van der Waals surface area contributed by atoms with E-state index in [1.54, 1.807) is 31.2 Å². The number of ether oxygens (including phenoxy) is 2. The third-order valence-electron chi connectivity index (χ3n) is 5.05. The van der Waals surface area contributed by atoms with Gasteiger partial charge in [-0.05, 0) is 61.4 Å². The normalized spacial score (nSPS) is 11.7. The van der Waals surface area contributed by atoms with Crippen LogP contribution < -0.4 is 10.1 Å². The van der Waals surface area contributed by atoms with Gasteiger partial charge in [-0.15, -0.1) is 0 Å². The molecule has 6 nitrogen and oxygen atoms in total. The molecule has 0 radical (unpaired) electrons. The van der Waals surface area contributed by atoms with Gasteiger partial charge in [0.05, 0.1) is 0 Å². The summed E-state index contributed by atoms with van der Waals surface area (Å²) >= 11 is 0. The lowest BCUT2D eigenvalue weighted by molar-refractivity contribution is -0.153. The van der Waals surface area contributed by atoms with E-state index in [-0.39, 0.29) is 12.3 Å². The third-order valence-corrected chi connectivity index (χ3v) is 5.05. The number of esters is 1. The fourth-order valence-corrected chi connectivity index (χ4v) is 3.36. The predicted octanol–water partition coefficient (Wildman–Crippen LogP) is 5.46. The van der Waals surface area contributed by atoms with Gasteiger partial charge in [0.15, 0.2) is 6.10 Å². The van der Waals surface area contributed by atoms with Gasteiger partial charge >= 0.3 is 5.97 Å². The monoisotopic (exact) mass is 428 g/mol. The van der Waals surface area contributed by atoms with Crippen LogP contribution in [0.3, 0.4) is 0 Å². The standard InChI is InChI=1S/C26H24N2O4/c1-18(31-25(29)16-11-19-17-27-24-10-6-5-9-23(19)24)26(30)28-20-12-14-22(15-13-20)32-21-7-3-2-4-8-21/h2-10,12-15,17-18,27H,11,16H2,1H3,(H,28,30). The number of rotatable bonds is 8. The summed E-state index contributed by atoms with van der Waals surface area (Å²) in [5, 5.41) is 3.84. The van der Waals surface area contributed by atoms with Crippen LogP contribution in [-0.4, -0.2) is 23.0 Å². The molecule has 0 spiro atoms. The van der Waals surface area contributed by atoms with Crippen molar-refractivity contribution < 1.29 is 19.1 Å². The Morgan fingerprint density at radius 3 is 2.38 bits per heavy atom. The van der Waals surface area contributed by atoms with Crippen LogP contribution in [0.25, 0.3) is 10.9 Å². The molecule has 0 aliphatic heterocycles. The van der Waals surface area contributed by atoms with Crippen molar-refractivity contribution in [2.75, 3.05) is 5.32 Å². The number of carbonyl (C=O) groups is 2. The van der Waals surface area contributed by atoms with Crippen LogP contribution in [0.1, 0.15) is 18.9 Å². The second-order valence-electron chi connectivity index (χ2n) is 7.42. The average molecular weight is 428 g/mol. The largest absolute Gasteiger partial charge is 0.457 e. The molecule has 0 saturated carbocycles. The number of aromatic amines is 1. The zero-order valence-electron chi connectivity index (χ0n) is 17.7. The van der Waals surface area contributed by atoms with Crippen molar-refractivity contribution in [3.8, 4) is 11.5 Å². The molecule has 162 valence electrons. The van der Waals surface area contributed by atoms with Crippen molar-refractivity contribution in [2.45, 2.75) is 25.9 Å². The zero-order valence-corrected chi connectivity index (χ0v) is 17.7. The first-order valence-corrected chi connectivity index (χ1v) is 10.5. The number of benzene rings is 3. The Bertz CT molecular complexity index is 1200. The zero-order chi connectivity index (χ0) is 22.3. The fourth-order valence-electron chi connectivity index (χ4n) is 3.36. The molecular weight excluding hydrogens is 404 g/mol. The number of amides is 1. The van der Waals surface area contributed by atoms with Crippen molar-refractivity contribution in [1.29, 1.82) is 0 Å². The lowest BCUT2D eigenvalue weighted by atomic mass is 10.1. The Hall–Kier alpha value is -4.06. The minimum atomic E-state index is -0.897. The van der Waals surface area contributed by atoms with Gasteiger partial charge in [0.2, 0.25) is 0 Å². The highest BCUT2D eigenvalue weighted by Gasteiger charge is 2.18. The minimum absolute atomic E-state index is 0.199. The van der Waals surface area contributed by atoms with E-state index in [0.29, 0.717) is 17.9 Å². The van der Waals surface area contributed by atoms with Crippen molar-refractivity contribution in [3.05, 3.63) is 90.6 Å². The first-order chi connectivity index (χ1) is 15.6. The van der Waals surface area contributed by atoms with E-state index in [1.165, 1.54) is 0 Å². The third kappa shape index (κ3) is 5.35. The summed E-state index contributed by atoms with van der Waals surface area (Å²) in [6.07, 6.45) is 1.75. The van der Waals surface area contributed by atoms with E-state index in [4.69, 9.17) is 9.47 Å². The van der Waals surface area contributed by atoms with Crippen molar-refractivity contribution >= 4 is 28.5 Å². The second kappa shape index (κ2) is 9.83. The second-order valence-corrected chi connectivity index (χ2v) is 7.42. The number of fused-ring (bicyclic) bond motifs is 1. The molecule has 32 heavy (non-hydrogen) atoms. The maximum absolute atomic E-state index is 12.4. The molecule has 1 amide bonds. The summed E-state index contributed by atoms with van der Waals surface area (Å²) in [7, 11) is 0. The molecule has 4 aromatic rings. The van der Waals surface area contributed by atoms with Crippen LogP contribution in [0.4, 0.5) is 5.69 Å². The number of H-pyrrole nitrogens is 1. The Morgan fingerprint density at radius 1 is 0.906 bits per heavy atom. The van der Waals surface area contributed by atoms with Gasteiger partial charge in [0.25, 0.3) is 5.91 Å². The summed E-state index contributed by atoms with van der Waals surface area (Å²) in [6.45, 7) is 1.56. The van der Waals surface area contributed by atoms with E-state index in [1.807, 2.05) is 60.8 Å². The number of anilines is 1.